The number of nitrogens with one attached hydrogen (secondary N) is 2. The smallest absolute Gasteiger partial charge is 0.220 e. The molecular formula is C19H33Cl2N3O. The van der Waals surface area contributed by atoms with Crippen LogP contribution in [0, 0.1) is 0 Å². The molecule has 0 saturated carbocycles. The maximum atomic E-state index is 11.9. The van der Waals surface area contributed by atoms with Crippen molar-refractivity contribution in [2.45, 2.75) is 58.2 Å². The number of amides is 1. The molecule has 1 unspecified atom stereocenters. The van der Waals surface area contributed by atoms with E-state index >= 15 is 0 Å². The van der Waals surface area contributed by atoms with Crippen molar-refractivity contribution < 1.29 is 4.79 Å². The molecule has 0 spiro atoms. The van der Waals surface area contributed by atoms with Gasteiger partial charge in [0.05, 0.1) is 0 Å². The SMILES string of the molecule is CNCCCC(=O)NCc1ccccc1CN1CCCCC1C.Cl.Cl. The van der Waals surface area contributed by atoms with Crippen molar-refractivity contribution in [1.29, 1.82) is 0 Å². The summed E-state index contributed by atoms with van der Waals surface area (Å²) < 4.78 is 0. The molecular weight excluding hydrogens is 357 g/mol. The Morgan fingerprint density at radius 1 is 1.20 bits per heavy atom. The Bertz CT molecular complexity index is 499. The monoisotopic (exact) mass is 389 g/mol. The third-order valence-electron chi connectivity index (χ3n) is 4.74. The highest BCUT2D eigenvalue weighted by Crippen LogP contribution is 2.20. The first-order valence-electron chi connectivity index (χ1n) is 8.93. The normalized spacial score (nSPS) is 17.3. The van der Waals surface area contributed by atoms with Gasteiger partial charge in [-0.1, -0.05) is 30.7 Å². The lowest BCUT2D eigenvalue weighted by atomic mass is 10.0. The van der Waals surface area contributed by atoms with Gasteiger partial charge in [0.25, 0.3) is 0 Å². The first kappa shape index (κ1) is 24.2. The highest BCUT2D eigenvalue weighted by Gasteiger charge is 2.19. The lowest BCUT2D eigenvalue weighted by Crippen LogP contribution is -2.37. The second-order valence-corrected chi connectivity index (χ2v) is 6.57. The van der Waals surface area contributed by atoms with Gasteiger partial charge in [-0.25, -0.2) is 0 Å². The Morgan fingerprint density at radius 2 is 1.92 bits per heavy atom. The lowest BCUT2D eigenvalue weighted by molar-refractivity contribution is -0.121. The first-order valence-corrected chi connectivity index (χ1v) is 8.93. The third-order valence-corrected chi connectivity index (χ3v) is 4.74. The Hall–Kier alpha value is -0.810. The second kappa shape index (κ2) is 13.4. The standard InChI is InChI=1S/C19H31N3O.2ClH/c1-16-8-5-6-13-22(16)15-18-10-4-3-9-17(18)14-21-19(23)11-7-12-20-2;;/h3-4,9-10,16,20H,5-8,11-15H2,1-2H3,(H,21,23);2*1H. The molecule has 0 aromatic heterocycles. The third kappa shape index (κ3) is 8.41. The van der Waals surface area contributed by atoms with Gasteiger partial charge >= 0.3 is 0 Å². The fourth-order valence-corrected chi connectivity index (χ4v) is 3.20. The van der Waals surface area contributed by atoms with Crippen molar-refractivity contribution in [2.75, 3.05) is 20.1 Å². The van der Waals surface area contributed by atoms with Gasteiger partial charge in [0.1, 0.15) is 0 Å². The van der Waals surface area contributed by atoms with Crippen LogP contribution in [0.25, 0.3) is 0 Å². The van der Waals surface area contributed by atoms with Crippen LogP contribution in [0.4, 0.5) is 0 Å². The summed E-state index contributed by atoms with van der Waals surface area (Å²) in [4.78, 5) is 14.5. The van der Waals surface area contributed by atoms with Crippen LogP contribution >= 0.6 is 24.8 Å². The molecule has 25 heavy (non-hydrogen) atoms. The van der Waals surface area contributed by atoms with Crippen LogP contribution in [-0.2, 0) is 17.9 Å². The summed E-state index contributed by atoms with van der Waals surface area (Å²) in [6.07, 6.45) is 5.42. The molecule has 1 heterocycles. The van der Waals surface area contributed by atoms with Crippen LogP contribution in [-0.4, -0.2) is 37.0 Å². The minimum atomic E-state index is 0. The molecule has 1 fully saturated rings. The average Bonchev–Trinajstić information content (AvgIpc) is 2.56. The van der Waals surface area contributed by atoms with Gasteiger partial charge in [0.15, 0.2) is 0 Å². The summed E-state index contributed by atoms with van der Waals surface area (Å²) in [5, 5.41) is 6.13. The van der Waals surface area contributed by atoms with E-state index in [1.54, 1.807) is 0 Å². The Balaban J connectivity index is 0.00000288. The predicted molar refractivity (Wildman–Crippen MR) is 110 cm³/mol. The molecule has 1 amide bonds. The number of halogens is 2. The molecule has 1 aromatic rings. The molecule has 4 nitrogen and oxygen atoms in total. The summed E-state index contributed by atoms with van der Waals surface area (Å²) in [7, 11) is 1.91. The summed E-state index contributed by atoms with van der Waals surface area (Å²) in [5.41, 5.74) is 2.59. The number of rotatable bonds is 8. The average molecular weight is 390 g/mol. The molecule has 1 aliphatic rings. The van der Waals surface area contributed by atoms with E-state index in [0.29, 0.717) is 19.0 Å². The van der Waals surface area contributed by atoms with E-state index in [1.165, 1.54) is 36.9 Å². The minimum absolute atomic E-state index is 0. The van der Waals surface area contributed by atoms with Crippen LogP contribution in [0.2, 0.25) is 0 Å². The van der Waals surface area contributed by atoms with E-state index in [-0.39, 0.29) is 30.7 Å². The van der Waals surface area contributed by atoms with Crippen LogP contribution < -0.4 is 10.6 Å². The van der Waals surface area contributed by atoms with Crippen LogP contribution in [0.5, 0.6) is 0 Å². The topological polar surface area (TPSA) is 44.4 Å². The van der Waals surface area contributed by atoms with Gasteiger partial charge in [-0.05, 0) is 57.5 Å². The summed E-state index contributed by atoms with van der Waals surface area (Å²) in [5.74, 6) is 0.140. The van der Waals surface area contributed by atoms with E-state index in [9.17, 15) is 4.79 Å². The number of likely N-dealkylation sites (tertiary alicyclic amines) is 1. The molecule has 1 aromatic carbocycles. The van der Waals surface area contributed by atoms with Gasteiger partial charge in [-0.2, -0.15) is 0 Å². The van der Waals surface area contributed by atoms with E-state index in [2.05, 4.69) is 46.7 Å². The Morgan fingerprint density at radius 3 is 2.60 bits per heavy atom. The van der Waals surface area contributed by atoms with Crippen molar-refractivity contribution in [3.8, 4) is 0 Å². The molecule has 1 saturated heterocycles. The molecule has 1 aliphatic heterocycles. The van der Waals surface area contributed by atoms with Gasteiger partial charge in [0.2, 0.25) is 5.91 Å². The maximum absolute atomic E-state index is 11.9. The van der Waals surface area contributed by atoms with Gasteiger partial charge in [-0.3, -0.25) is 9.69 Å². The van der Waals surface area contributed by atoms with E-state index in [4.69, 9.17) is 0 Å². The fraction of sp³-hybridized carbons (Fsp3) is 0.632. The summed E-state index contributed by atoms with van der Waals surface area (Å²) in [6, 6.07) is 9.16. The molecule has 2 rings (SSSR count). The Kier molecular flexibility index (Phi) is 13.0. The zero-order chi connectivity index (χ0) is 16.5. The van der Waals surface area contributed by atoms with Crippen LogP contribution in [0.15, 0.2) is 24.3 Å². The van der Waals surface area contributed by atoms with Crippen molar-refractivity contribution in [3.63, 3.8) is 0 Å². The van der Waals surface area contributed by atoms with Crippen molar-refractivity contribution in [3.05, 3.63) is 35.4 Å². The van der Waals surface area contributed by atoms with Crippen molar-refractivity contribution >= 4 is 30.7 Å². The number of carbonyl (C=O) groups excluding carboxylic acids is 1. The second-order valence-electron chi connectivity index (χ2n) is 6.57. The maximum Gasteiger partial charge on any atom is 0.220 e. The molecule has 2 N–H and O–H groups in total. The zero-order valence-corrected chi connectivity index (χ0v) is 17.1. The van der Waals surface area contributed by atoms with E-state index in [1.807, 2.05) is 7.05 Å². The van der Waals surface area contributed by atoms with Gasteiger partial charge < -0.3 is 10.6 Å². The number of hydrogen-bond donors (Lipinski definition) is 2. The molecule has 0 bridgehead atoms. The van der Waals surface area contributed by atoms with Crippen LogP contribution in [0.3, 0.4) is 0 Å². The number of piperidine rings is 1. The lowest BCUT2D eigenvalue weighted by Gasteiger charge is -2.33. The first-order chi connectivity index (χ1) is 11.2. The number of carbonyl (C=O) groups is 1. The highest BCUT2D eigenvalue weighted by atomic mass is 35.5. The predicted octanol–water partition coefficient (Wildman–Crippen LogP) is 3.52. The number of nitrogens with zero attached hydrogens (tertiary/aromatic N) is 1. The van der Waals surface area contributed by atoms with E-state index in [0.717, 1.165) is 19.5 Å². The minimum Gasteiger partial charge on any atom is -0.352 e. The quantitative estimate of drug-likeness (QED) is 0.668. The summed E-state index contributed by atoms with van der Waals surface area (Å²) >= 11 is 0. The van der Waals surface area contributed by atoms with Crippen LogP contribution in [0.1, 0.15) is 50.2 Å². The zero-order valence-electron chi connectivity index (χ0n) is 15.4. The van der Waals surface area contributed by atoms with Crippen molar-refractivity contribution in [1.82, 2.24) is 15.5 Å². The highest BCUT2D eigenvalue weighted by molar-refractivity contribution is 5.85. The fourth-order valence-electron chi connectivity index (χ4n) is 3.20. The van der Waals surface area contributed by atoms with Crippen molar-refractivity contribution in [2.24, 2.45) is 0 Å². The number of benzene rings is 1. The molecule has 6 heteroatoms. The molecule has 0 radical (unpaired) electrons. The molecule has 144 valence electrons. The van der Waals surface area contributed by atoms with E-state index < -0.39 is 0 Å². The van der Waals surface area contributed by atoms with Gasteiger partial charge in [-0.15, -0.1) is 24.8 Å². The largest absolute Gasteiger partial charge is 0.352 e. The Labute approximate surface area is 164 Å². The summed E-state index contributed by atoms with van der Waals surface area (Å²) in [6.45, 7) is 6.03. The molecule has 1 atom stereocenters. The van der Waals surface area contributed by atoms with Gasteiger partial charge in [0, 0.05) is 25.6 Å². The molecule has 0 aliphatic carbocycles. The number of hydrogen-bond acceptors (Lipinski definition) is 3.